The van der Waals surface area contributed by atoms with Crippen molar-refractivity contribution in [2.75, 3.05) is 6.54 Å². The largest absolute Gasteiger partial charge is 0.508 e. The normalized spacial score (nSPS) is 11.4. The van der Waals surface area contributed by atoms with E-state index < -0.39 is 0 Å². The quantitative estimate of drug-likeness (QED) is 0.161. The molecule has 0 bridgehead atoms. The highest BCUT2D eigenvalue weighted by atomic mass is 16.3. The standard InChI is InChI=1S/C30H30N8O2/c1-3-31-11-20-12-32-16-25(17(20)2)18-4-6-27-24(8-18)29(38-37-27)30-35-15-21(36-30)14-34-28(40)9-19-13-33-26-7-5-22(39)10-23(19)26/h4-8,10,12-13,15-16,31,33,39H,3,9,11,14H2,1-2H3,(H,34,40)(H,35,36)(H,37,38). The molecule has 0 atom stereocenters. The van der Waals surface area contributed by atoms with Gasteiger partial charge in [0.15, 0.2) is 5.82 Å². The molecule has 0 aliphatic carbocycles. The number of imidazole rings is 1. The Morgan fingerprint density at radius 3 is 2.75 bits per heavy atom. The van der Waals surface area contributed by atoms with Crippen molar-refractivity contribution >= 4 is 27.7 Å². The van der Waals surface area contributed by atoms with Gasteiger partial charge in [0.1, 0.15) is 11.4 Å². The molecule has 0 radical (unpaired) electrons. The molecule has 0 saturated carbocycles. The zero-order valence-electron chi connectivity index (χ0n) is 22.3. The minimum absolute atomic E-state index is 0.129. The van der Waals surface area contributed by atoms with Crippen LogP contribution in [0.4, 0.5) is 0 Å². The third-order valence-electron chi connectivity index (χ3n) is 7.19. The Morgan fingerprint density at radius 1 is 1.00 bits per heavy atom. The minimum Gasteiger partial charge on any atom is -0.508 e. The molecular formula is C30H30N8O2. The first-order valence-electron chi connectivity index (χ1n) is 13.2. The number of hydrogen-bond donors (Lipinski definition) is 6. The van der Waals surface area contributed by atoms with Crippen LogP contribution in [0.25, 0.3) is 44.5 Å². The molecule has 6 N–H and O–H groups in total. The van der Waals surface area contributed by atoms with Gasteiger partial charge in [-0.2, -0.15) is 5.10 Å². The summed E-state index contributed by atoms with van der Waals surface area (Å²) in [6.45, 7) is 6.20. The van der Waals surface area contributed by atoms with Gasteiger partial charge in [-0.05, 0) is 66.1 Å². The van der Waals surface area contributed by atoms with E-state index in [0.29, 0.717) is 18.1 Å². The van der Waals surface area contributed by atoms with Crippen molar-refractivity contribution < 1.29 is 9.90 Å². The lowest BCUT2D eigenvalue weighted by atomic mass is 9.98. The van der Waals surface area contributed by atoms with E-state index in [1.807, 2.05) is 18.5 Å². The molecule has 6 aromatic rings. The lowest BCUT2D eigenvalue weighted by Crippen LogP contribution is -2.24. The van der Waals surface area contributed by atoms with Gasteiger partial charge in [-0.25, -0.2) is 4.98 Å². The van der Waals surface area contributed by atoms with Gasteiger partial charge in [0.05, 0.1) is 30.4 Å². The predicted molar refractivity (Wildman–Crippen MR) is 155 cm³/mol. The number of nitrogens with zero attached hydrogens (tertiary/aromatic N) is 3. The minimum atomic E-state index is -0.129. The fourth-order valence-electron chi connectivity index (χ4n) is 4.97. The van der Waals surface area contributed by atoms with Crippen molar-refractivity contribution in [1.82, 2.24) is 40.8 Å². The van der Waals surface area contributed by atoms with Gasteiger partial charge in [-0.15, -0.1) is 0 Å². The van der Waals surface area contributed by atoms with Crippen molar-refractivity contribution in [3.05, 3.63) is 83.6 Å². The van der Waals surface area contributed by atoms with E-state index in [0.717, 1.165) is 57.3 Å². The lowest BCUT2D eigenvalue weighted by molar-refractivity contribution is -0.120. The van der Waals surface area contributed by atoms with E-state index in [9.17, 15) is 9.90 Å². The number of carbonyl (C=O) groups excluding carboxylic acids is 1. The van der Waals surface area contributed by atoms with Gasteiger partial charge in [0.2, 0.25) is 5.91 Å². The van der Waals surface area contributed by atoms with E-state index in [4.69, 9.17) is 0 Å². The Bertz CT molecular complexity index is 1830. The lowest BCUT2D eigenvalue weighted by Gasteiger charge is -2.11. The highest BCUT2D eigenvalue weighted by Crippen LogP contribution is 2.31. The molecule has 1 amide bonds. The van der Waals surface area contributed by atoms with Crippen LogP contribution in [0.2, 0.25) is 0 Å². The molecule has 10 heteroatoms. The van der Waals surface area contributed by atoms with Crippen LogP contribution in [-0.2, 0) is 24.3 Å². The van der Waals surface area contributed by atoms with Crippen LogP contribution >= 0.6 is 0 Å². The number of H-pyrrole nitrogens is 3. The van der Waals surface area contributed by atoms with Crippen LogP contribution in [0, 0.1) is 6.92 Å². The second kappa shape index (κ2) is 10.7. The summed E-state index contributed by atoms with van der Waals surface area (Å²) in [4.78, 5) is 28.1. The maximum atomic E-state index is 12.7. The highest BCUT2D eigenvalue weighted by Gasteiger charge is 2.15. The number of amides is 1. The molecule has 202 valence electrons. The zero-order valence-corrected chi connectivity index (χ0v) is 22.3. The van der Waals surface area contributed by atoms with Crippen LogP contribution in [-0.4, -0.2) is 47.7 Å². The van der Waals surface area contributed by atoms with Gasteiger partial charge in [0, 0.05) is 47.0 Å². The number of nitrogens with one attached hydrogen (secondary N) is 5. The van der Waals surface area contributed by atoms with Crippen LogP contribution in [0.1, 0.15) is 29.3 Å². The number of fused-ring (bicyclic) bond motifs is 2. The third-order valence-corrected chi connectivity index (χ3v) is 7.19. The molecule has 10 nitrogen and oxygen atoms in total. The second-order valence-corrected chi connectivity index (χ2v) is 9.84. The summed E-state index contributed by atoms with van der Waals surface area (Å²) in [5.74, 6) is 0.660. The number of aromatic hydroxyl groups is 1. The summed E-state index contributed by atoms with van der Waals surface area (Å²) in [6, 6.07) is 11.3. The molecule has 0 spiro atoms. The topological polar surface area (TPSA) is 147 Å². The number of pyridine rings is 1. The first kappa shape index (κ1) is 25.3. The van der Waals surface area contributed by atoms with Crippen LogP contribution in [0.5, 0.6) is 5.75 Å². The van der Waals surface area contributed by atoms with Gasteiger partial charge >= 0.3 is 0 Å². The Hall–Kier alpha value is -4.96. The Balaban J connectivity index is 1.18. The first-order chi connectivity index (χ1) is 19.5. The molecule has 0 saturated heterocycles. The molecule has 4 heterocycles. The summed E-state index contributed by atoms with van der Waals surface area (Å²) < 4.78 is 0. The molecular weight excluding hydrogens is 504 g/mol. The maximum Gasteiger partial charge on any atom is 0.224 e. The van der Waals surface area contributed by atoms with Crippen molar-refractivity contribution in [2.45, 2.75) is 33.4 Å². The molecule has 4 aromatic heterocycles. The van der Waals surface area contributed by atoms with E-state index in [1.54, 1.807) is 30.6 Å². The van der Waals surface area contributed by atoms with E-state index in [-0.39, 0.29) is 18.1 Å². The van der Waals surface area contributed by atoms with Crippen molar-refractivity contribution in [3.8, 4) is 28.4 Å². The highest BCUT2D eigenvalue weighted by molar-refractivity contribution is 5.94. The van der Waals surface area contributed by atoms with Crippen molar-refractivity contribution in [1.29, 1.82) is 0 Å². The number of phenolic OH excluding ortho intramolecular Hbond substituents is 1. The Kier molecular flexibility index (Phi) is 6.75. The predicted octanol–water partition coefficient (Wildman–Crippen LogP) is 4.48. The number of rotatable bonds is 9. The smallest absolute Gasteiger partial charge is 0.224 e. The number of benzene rings is 2. The summed E-state index contributed by atoms with van der Waals surface area (Å²) in [6.07, 6.45) is 7.52. The van der Waals surface area contributed by atoms with E-state index in [1.165, 1.54) is 11.1 Å². The third kappa shape index (κ3) is 4.92. The number of phenols is 1. The van der Waals surface area contributed by atoms with Crippen LogP contribution in [0.3, 0.4) is 0 Å². The van der Waals surface area contributed by atoms with Gasteiger partial charge in [-0.3, -0.25) is 14.9 Å². The summed E-state index contributed by atoms with van der Waals surface area (Å²) >= 11 is 0. The number of aromatic amines is 3. The molecule has 0 unspecified atom stereocenters. The summed E-state index contributed by atoms with van der Waals surface area (Å²) in [5, 5.41) is 25.5. The molecule has 0 aliphatic rings. The fraction of sp³-hybridized carbons (Fsp3) is 0.200. The average molecular weight is 535 g/mol. The van der Waals surface area contributed by atoms with Crippen LogP contribution < -0.4 is 10.6 Å². The first-order valence-corrected chi connectivity index (χ1v) is 13.2. The molecule has 40 heavy (non-hydrogen) atoms. The Labute approximate surface area is 230 Å². The van der Waals surface area contributed by atoms with Gasteiger partial charge in [-0.1, -0.05) is 13.0 Å². The fourth-order valence-corrected chi connectivity index (χ4v) is 4.97. The van der Waals surface area contributed by atoms with Gasteiger partial charge < -0.3 is 25.7 Å². The molecule has 2 aromatic carbocycles. The zero-order chi connectivity index (χ0) is 27.6. The molecule has 0 aliphatic heterocycles. The van der Waals surface area contributed by atoms with E-state index >= 15 is 0 Å². The summed E-state index contributed by atoms with van der Waals surface area (Å²) in [7, 11) is 0. The summed E-state index contributed by atoms with van der Waals surface area (Å²) in [5.41, 5.74) is 8.59. The Morgan fingerprint density at radius 2 is 1.88 bits per heavy atom. The molecule has 6 rings (SSSR count). The van der Waals surface area contributed by atoms with E-state index in [2.05, 4.69) is 66.7 Å². The maximum absolute atomic E-state index is 12.7. The van der Waals surface area contributed by atoms with Gasteiger partial charge in [0.25, 0.3) is 0 Å². The average Bonchev–Trinajstić information content (AvgIpc) is 3.69. The SMILES string of the molecule is CCNCc1cncc(-c2ccc3[nH]nc(-c4ncc(CNC(=O)Cc5c[nH]c6ccc(O)cc56)[nH]4)c3c2)c1C. The van der Waals surface area contributed by atoms with Crippen molar-refractivity contribution in [2.24, 2.45) is 0 Å². The molecule has 0 fully saturated rings. The van der Waals surface area contributed by atoms with Crippen LogP contribution in [0.15, 0.2) is 61.2 Å². The second-order valence-electron chi connectivity index (χ2n) is 9.84. The number of hydrogen-bond acceptors (Lipinski definition) is 6. The number of carbonyl (C=O) groups is 1. The number of aromatic nitrogens is 6. The van der Waals surface area contributed by atoms with Crippen molar-refractivity contribution in [3.63, 3.8) is 0 Å². The monoisotopic (exact) mass is 534 g/mol.